The number of rotatable bonds is 20. The molecular weight excluding hydrogens is 763 g/mol. The van der Waals surface area contributed by atoms with E-state index in [0.717, 1.165) is 37.8 Å². The van der Waals surface area contributed by atoms with E-state index in [1.54, 1.807) is 24.5 Å². The van der Waals surface area contributed by atoms with E-state index in [0.29, 0.717) is 57.6 Å². The molecule has 17 heteroatoms. The molecule has 1 atom stereocenters. The average Bonchev–Trinajstić information content (AvgIpc) is 3.74. The maximum atomic E-state index is 13.2. The fourth-order valence-electron chi connectivity index (χ4n) is 6.70. The van der Waals surface area contributed by atoms with Crippen molar-refractivity contribution in [2.45, 2.75) is 18.9 Å². The molecule has 5 heterocycles. The van der Waals surface area contributed by atoms with Gasteiger partial charge in [0.05, 0.1) is 50.8 Å². The molecular formula is C42H43N7O10. The highest BCUT2D eigenvalue weighted by Crippen LogP contribution is 2.34. The second kappa shape index (κ2) is 19.2. The molecule has 5 aromatic rings. The van der Waals surface area contributed by atoms with Crippen LogP contribution >= 0.6 is 0 Å². The van der Waals surface area contributed by atoms with Gasteiger partial charge in [-0.2, -0.15) is 0 Å². The Morgan fingerprint density at radius 1 is 0.780 bits per heavy atom. The summed E-state index contributed by atoms with van der Waals surface area (Å²) in [7, 11) is 0. The normalized spacial score (nSPS) is 15.1. The summed E-state index contributed by atoms with van der Waals surface area (Å²) >= 11 is 0. The van der Waals surface area contributed by atoms with Crippen LogP contribution in [-0.4, -0.2) is 121 Å². The first-order chi connectivity index (χ1) is 28.8. The van der Waals surface area contributed by atoms with Crippen LogP contribution < -0.4 is 25.4 Å². The van der Waals surface area contributed by atoms with E-state index < -0.39 is 29.7 Å². The van der Waals surface area contributed by atoms with Crippen molar-refractivity contribution in [1.82, 2.24) is 35.8 Å². The first-order valence-corrected chi connectivity index (χ1v) is 19.1. The highest BCUT2D eigenvalue weighted by molar-refractivity contribution is 6.24. The lowest BCUT2D eigenvalue weighted by Gasteiger charge is -2.29. The minimum atomic E-state index is -0.949. The largest absolute Gasteiger partial charge is 0.483 e. The van der Waals surface area contributed by atoms with Gasteiger partial charge in [0.2, 0.25) is 11.8 Å². The Kier molecular flexibility index (Phi) is 13.2. The lowest BCUT2D eigenvalue weighted by Crippen LogP contribution is -2.51. The van der Waals surface area contributed by atoms with Crippen LogP contribution in [0.2, 0.25) is 0 Å². The SMILES string of the molecule is C=C1CCC(N2C(=O)c3cccc(OCC(=O)NCCOCCOCCOCCNC(=O)COc4ccc(-c5ccc6c(c5)[nH]c5ccncc56)cn4)c3C2=O)C(=O)N1. The number of imide groups is 1. The van der Waals surface area contributed by atoms with Gasteiger partial charge in [-0.1, -0.05) is 24.8 Å². The number of aromatic amines is 1. The van der Waals surface area contributed by atoms with Crippen LogP contribution in [0.4, 0.5) is 0 Å². The smallest absolute Gasteiger partial charge is 0.266 e. The van der Waals surface area contributed by atoms with E-state index in [-0.39, 0.29) is 55.6 Å². The van der Waals surface area contributed by atoms with Gasteiger partial charge in [0.1, 0.15) is 11.8 Å². The molecule has 0 spiro atoms. The van der Waals surface area contributed by atoms with Crippen LogP contribution in [0, 0.1) is 0 Å². The predicted octanol–water partition coefficient (Wildman–Crippen LogP) is 2.91. The van der Waals surface area contributed by atoms with Crippen molar-refractivity contribution in [3.8, 4) is 22.8 Å². The molecule has 7 rings (SSSR count). The molecule has 1 fully saturated rings. The number of allylic oxidation sites excluding steroid dienone is 1. The van der Waals surface area contributed by atoms with Crippen LogP contribution in [-0.2, 0) is 28.6 Å². The summed E-state index contributed by atoms with van der Waals surface area (Å²) < 4.78 is 27.6. The van der Waals surface area contributed by atoms with Gasteiger partial charge in [0.25, 0.3) is 23.6 Å². The third-order valence-electron chi connectivity index (χ3n) is 9.60. The Balaban J connectivity index is 0.687. The molecule has 306 valence electrons. The minimum Gasteiger partial charge on any atom is -0.483 e. The minimum absolute atomic E-state index is 0.0242. The lowest BCUT2D eigenvalue weighted by atomic mass is 10.0. The number of ether oxygens (including phenoxy) is 5. The van der Waals surface area contributed by atoms with Crippen molar-refractivity contribution in [3.05, 3.63) is 96.6 Å². The molecule has 0 bridgehead atoms. The summed E-state index contributed by atoms with van der Waals surface area (Å²) in [5, 5.41) is 10.2. The first-order valence-electron chi connectivity index (χ1n) is 19.1. The van der Waals surface area contributed by atoms with Gasteiger partial charge in [-0.3, -0.25) is 33.9 Å². The Bertz CT molecular complexity index is 2360. The number of hydrogen-bond donors (Lipinski definition) is 4. The molecule has 59 heavy (non-hydrogen) atoms. The molecule has 2 aromatic carbocycles. The van der Waals surface area contributed by atoms with E-state index in [2.05, 4.69) is 49.6 Å². The summed E-state index contributed by atoms with van der Waals surface area (Å²) in [4.78, 5) is 76.2. The quantitative estimate of drug-likeness (QED) is 0.0661. The number of fused-ring (bicyclic) bond motifs is 4. The predicted molar refractivity (Wildman–Crippen MR) is 214 cm³/mol. The first kappa shape index (κ1) is 40.5. The Morgan fingerprint density at radius 2 is 1.49 bits per heavy atom. The van der Waals surface area contributed by atoms with Crippen molar-refractivity contribution < 1.29 is 47.7 Å². The number of hydrogen-bond acceptors (Lipinski definition) is 12. The molecule has 1 unspecified atom stereocenters. The van der Waals surface area contributed by atoms with Crippen LogP contribution in [0.25, 0.3) is 32.9 Å². The van der Waals surface area contributed by atoms with Crippen molar-refractivity contribution in [3.63, 3.8) is 0 Å². The zero-order valence-electron chi connectivity index (χ0n) is 32.1. The van der Waals surface area contributed by atoms with E-state index in [1.807, 2.05) is 24.4 Å². The molecule has 2 aliphatic rings. The number of pyridine rings is 2. The maximum absolute atomic E-state index is 13.2. The maximum Gasteiger partial charge on any atom is 0.266 e. The van der Waals surface area contributed by atoms with Gasteiger partial charge < -0.3 is 44.6 Å². The van der Waals surface area contributed by atoms with E-state index in [9.17, 15) is 24.0 Å². The highest BCUT2D eigenvalue weighted by Gasteiger charge is 2.45. The summed E-state index contributed by atoms with van der Waals surface area (Å²) in [6, 6.07) is 15.3. The number of H-pyrrole nitrogens is 1. The van der Waals surface area contributed by atoms with Gasteiger partial charge in [0.15, 0.2) is 13.2 Å². The van der Waals surface area contributed by atoms with E-state index in [4.69, 9.17) is 23.7 Å². The summed E-state index contributed by atoms with van der Waals surface area (Å²) in [6.07, 6.45) is 6.05. The second-order valence-corrected chi connectivity index (χ2v) is 13.6. The second-order valence-electron chi connectivity index (χ2n) is 13.6. The number of amides is 5. The number of carbonyl (C=O) groups is 5. The number of carbonyl (C=O) groups excluding carboxylic acids is 5. The molecule has 0 radical (unpaired) electrons. The molecule has 5 amide bonds. The van der Waals surface area contributed by atoms with E-state index in [1.165, 1.54) is 12.1 Å². The molecule has 0 saturated carbocycles. The number of piperidine rings is 1. The molecule has 3 aromatic heterocycles. The lowest BCUT2D eigenvalue weighted by molar-refractivity contribution is -0.125. The van der Waals surface area contributed by atoms with Crippen molar-refractivity contribution in [1.29, 1.82) is 0 Å². The third kappa shape index (κ3) is 9.89. The summed E-state index contributed by atoms with van der Waals surface area (Å²) in [5.74, 6) is -2.01. The van der Waals surface area contributed by atoms with Crippen LogP contribution in [0.3, 0.4) is 0 Å². The Labute approximate surface area is 338 Å². The van der Waals surface area contributed by atoms with Gasteiger partial charge in [0, 0.05) is 70.8 Å². The number of benzene rings is 2. The van der Waals surface area contributed by atoms with Crippen molar-refractivity contribution >= 4 is 51.3 Å². The molecule has 1 saturated heterocycles. The number of nitrogens with one attached hydrogen (secondary N) is 4. The standard InChI is InChI=1S/C42H43N7O10/c1-26-5-9-34(40(52)47-26)49-41(53)30-3-2-4-35(39(30)42(49)54)58-24-36(50)44-13-15-55-17-19-57-20-18-56-16-14-45-37(51)25-59-38-10-7-28(22-46-38)27-6-8-29-31-23-43-12-11-32(31)48-33(29)21-27/h2-4,6-8,10-12,21-23,34,48H,1,5,9,13-20,24-25H2,(H,44,50)(H,45,51)(H,47,52). The molecule has 4 N–H and O–H groups in total. The van der Waals surface area contributed by atoms with Gasteiger partial charge >= 0.3 is 0 Å². The third-order valence-corrected chi connectivity index (χ3v) is 9.60. The topological polar surface area (TPSA) is 212 Å². The molecule has 2 aliphatic heterocycles. The van der Waals surface area contributed by atoms with Crippen LogP contribution in [0.5, 0.6) is 11.6 Å². The van der Waals surface area contributed by atoms with E-state index >= 15 is 0 Å². The zero-order valence-corrected chi connectivity index (χ0v) is 32.1. The Morgan fingerprint density at radius 3 is 2.20 bits per heavy atom. The Hall–Kier alpha value is -6.69. The van der Waals surface area contributed by atoms with Gasteiger partial charge in [-0.15, -0.1) is 0 Å². The fourth-order valence-corrected chi connectivity index (χ4v) is 6.70. The summed E-state index contributed by atoms with van der Waals surface area (Å²) in [5.41, 5.74) is 4.64. The number of nitrogens with zero attached hydrogens (tertiary/aromatic N) is 3. The van der Waals surface area contributed by atoms with Crippen LogP contribution in [0.1, 0.15) is 33.6 Å². The summed E-state index contributed by atoms with van der Waals surface area (Å²) in [6.45, 7) is 5.51. The van der Waals surface area contributed by atoms with Crippen LogP contribution in [0.15, 0.2) is 85.5 Å². The molecule has 0 aliphatic carbocycles. The molecule has 17 nitrogen and oxygen atoms in total. The van der Waals surface area contributed by atoms with Gasteiger partial charge in [-0.05, 0) is 48.7 Å². The van der Waals surface area contributed by atoms with Crippen molar-refractivity contribution in [2.24, 2.45) is 0 Å². The number of aromatic nitrogens is 3. The highest BCUT2D eigenvalue weighted by atomic mass is 16.5. The monoisotopic (exact) mass is 805 g/mol. The van der Waals surface area contributed by atoms with Crippen molar-refractivity contribution in [2.75, 3.05) is 65.9 Å². The average molecular weight is 806 g/mol. The zero-order chi connectivity index (χ0) is 41.1. The van der Waals surface area contributed by atoms with Gasteiger partial charge in [-0.25, -0.2) is 4.98 Å². The fraction of sp³-hybridized carbons (Fsp3) is 0.310.